The summed E-state index contributed by atoms with van der Waals surface area (Å²) in [5.74, 6) is 1.46. The maximum Gasteiger partial charge on any atom is 0.152 e. The minimum Gasteiger partial charge on any atom is -0.379 e. The zero-order valence-corrected chi connectivity index (χ0v) is 14.0. The summed E-state index contributed by atoms with van der Waals surface area (Å²) in [6.45, 7) is 9.15. The van der Waals surface area contributed by atoms with E-state index in [9.17, 15) is 0 Å². The van der Waals surface area contributed by atoms with Crippen LogP contribution in [-0.2, 0) is 0 Å². The number of halogens is 1. The van der Waals surface area contributed by atoms with Crippen LogP contribution in [0.25, 0.3) is 0 Å². The fourth-order valence-corrected chi connectivity index (χ4v) is 4.26. The molecule has 2 heterocycles. The summed E-state index contributed by atoms with van der Waals surface area (Å²) in [6, 6.07) is 3.24. The zero-order valence-electron chi connectivity index (χ0n) is 13.3. The number of aryl methyl sites for hydroxylation is 1. The van der Waals surface area contributed by atoms with Gasteiger partial charge in [-0.2, -0.15) is 0 Å². The molecule has 1 aliphatic heterocycles. The Morgan fingerprint density at radius 1 is 1.29 bits per heavy atom. The third-order valence-corrected chi connectivity index (χ3v) is 5.54. The Hall–Kier alpha value is -0.800. The van der Waals surface area contributed by atoms with Gasteiger partial charge in [-0.3, -0.25) is 0 Å². The van der Waals surface area contributed by atoms with Crippen LogP contribution in [0.3, 0.4) is 0 Å². The molecule has 1 saturated heterocycles. The molecule has 2 aliphatic rings. The van der Waals surface area contributed by atoms with Crippen molar-refractivity contribution in [3.05, 3.63) is 23.0 Å². The van der Waals surface area contributed by atoms with E-state index in [1.165, 1.54) is 37.9 Å². The molecule has 2 unspecified atom stereocenters. The standard InChI is InChI=1S/C17H26ClN3/c1-11(2)21-9-13-5-4-6-14(10-21)16(13)20-15-12(3)7-8-19-17(15)18/h7-8,11,13-14,16,20H,4-6,9-10H2,1-3H3. The average Bonchev–Trinajstić information content (AvgIpc) is 2.42. The predicted molar refractivity (Wildman–Crippen MR) is 88.9 cm³/mol. The molecule has 1 aromatic rings. The van der Waals surface area contributed by atoms with Gasteiger partial charge in [-0.05, 0) is 57.1 Å². The Morgan fingerprint density at radius 3 is 2.52 bits per heavy atom. The normalized spacial score (nSPS) is 29.7. The molecule has 1 saturated carbocycles. The van der Waals surface area contributed by atoms with Crippen molar-refractivity contribution in [3.8, 4) is 0 Å². The fraction of sp³-hybridized carbons (Fsp3) is 0.706. The van der Waals surface area contributed by atoms with Gasteiger partial charge in [0, 0.05) is 31.4 Å². The lowest BCUT2D eigenvalue weighted by molar-refractivity contribution is 0.0518. The highest BCUT2D eigenvalue weighted by molar-refractivity contribution is 6.32. The van der Waals surface area contributed by atoms with Gasteiger partial charge in [0.05, 0.1) is 5.69 Å². The third kappa shape index (κ3) is 3.04. The average molecular weight is 308 g/mol. The first-order chi connectivity index (χ1) is 10.1. The van der Waals surface area contributed by atoms with E-state index in [1.54, 1.807) is 6.20 Å². The van der Waals surface area contributed by atoms with Gasteiger partial charge in [-0.1, -0.05) is 18.0 Å². The minimum absolute atomic E-state index is 0.550. The number of hydrogen-bond acceptors (Lipinski definition) is 3. The first-order valence-corrected chi connectivity index (χ1v) is 8.55. The Labute approximate surface area is 133 Å². The lowest BCUT2D eigenvalue weighted by Crippen LogP contribution is -2.56. The van der Waals surface area contributed by atoms with E-state index in [0.29, 0.717) is 17.2 Å². The summed E-state index contributed by atoms with van der Waals surface area (Å²) >= 11 is 6.30. The number of nitrogens with one attached hydrogen (secondary N) is 1. The number of fused-ring (bicyclic) bond motifs is 2. The molecule has 3 nitrogen and oxygen atoms in total. The topological polar surface area (TPSA) is 28.2 Å². The number of hydrogen-bond donors (Lipinski definition) is 1. The lowest BCUT2D eigenvalue weighted by Gasteiger charge is -2.49. The molecular weight excluding hydrogens is 282 g/mol. The number of nitrogens with zero attached hydrogens (tertiary/aromatic N) is 2. The summed E-state index contributed by atoms with van der Waals surface area (Å²) in [7, 11) is 0. The summed E-state index contributed by atoms with van der Waals surface area (Å²) < 4.78 is 0. The number of aromatic nitrogens is 1. The quantitative estimate of drug-likeness (QED) is 0.857. The van der Waals surface area contributed by atoms with Crippen molar-refractivity contribution in [1.82, 2.24) is 9.88 Å². The summed E-state index contributed by atoms with van der Waals surface area (Å²) in [4.78, 5) is 6.88. The number of anilines is 1. The Balaban J connectivity index is 1.80. The zero-order chi connectivity index (χ0) is 15.0. The molecule has 3 rings (SSSR count). The molecule has 0 aromatic carbocycles. The van der Waals surface area contributed by atoms with Crippen LogP contribution in [-0.4, -0.2) is 35.1 Å². The van der Waals surface area contributed by atoms with Crippen molar-refractivity contribution in [2.75, 3.05) is 18.4 Å². The van der Waals surface area contributed by atoms with E-state index in [1.807, 2.05) is 6.07 Å². The van der Waals surface area contributed by atoms with Crippen LogP contribution in [0.15, 0.2) is 12.3 Å². The SMILES string of the molecule is Cc1ccnc(Cl)c1NC1C2CCCC1CN(C(C)C)C2. The molecule has 1 N–H and O–H groups in total. The van der Waals surface area contributed by atoms with E-state index in [-0.39, 0.29) is 0 Å². The van der Waals surface area contributed by atoms with E-state index in [0.717, 1.165) is 17.5 Å². The van der Waals surface area contributed by atoms with Gasteiger partial charge in [0.2, 0.25) is 0 Å². The summed E-state index contributed by atoms with van der Waals surface area (Å²) in [6.07, 6.45) is 5.81. The van der Waals surface area contributed by atoms with Crippen LogP contribution in [0, 0.1) is 18.8 Å². The molecule has 1 aliphatic carbocycles. The van der Waals surface area contributed by atoms with Crippen LogP contribution < -0.4 is 5.32 Å². The van der Waals surface area contributed by atoms with Gasteiger partial charge >= 0.3 is 0 Å². The van der Waals surface area contributed by atoms with Gasteiger partial charge < -0.3 is 10.2 Å². The summed E-state index contributed by atoms with van der Waals surface area (Å²) in [5.41, 5.74) is 2.23. The van der Waals surface area contributed by atoms with Crippen LogP contribution in [0.5, 0.6) is 0 Å². The van der Waals surface area contributed by atoms with Gasteiger partial charge in [0.25, 0.3) is 0 Å². The molecular formula is C17H26ClN3. The van der Waals surface area contributed by atoms with Gasteiger partial charge in [0.1, 0.15) is 0 Å². The van der Waals surface area contributed by atoms with Crippen molar-refractivity contribution in [2.45, 2.75) is 52.1 Å². The maximum atomic E-state index is 6.30. The number of likely N-dealkylation sites (tertiary alicyclic amines) is 1. The molecule has 2 fully saturated rings. The van der Waals surface area contributed by atoms with Crippen molar-refractivity contribution < 1.29 is 0 Å². The number of piperidine rings is 1. The fourth-order valence-electron chi connectivity index (χ4n) is 4.00. The molecule has 0 spiro atoms. The van der Waals surface area contributed by atoms with Crippen molar-refractivity contribution >= 4 is 17.3 Å². The van der Waals surface area contributed by atoms with E-state index < -0.39 is 0 Å². The molecule has 1 aromatic heterocycles. The highest BCUT2D eigenvalue weighted by Crippen LogP contribution is 2.38. The van der Waals surface area contributed by atoms with E-state index >= 15 is 0 Å². The first-order valence-electron chi connectivity index (χ1n) is 8.18. The van der Waals surface area contributed by atoms with E-state index in [2.05, 4.69) is 36.0 Å². The van der Waals surface area contributed by atoms with E-state index in [4.69, 9.17) is 11.6 Å². The van der Waals surface area contributed by atoms with Crippen molar-refractivity contribution in [1.29, 1.82) is 0 Å². The smallest absolute Gasteiger partial charge is 0.152 e. The van der Waals surface area contributed by atoms with Gasteiger partial charge in [0.15, 0.2) is 5.15 Å². The Morgan fingerprint density at radius 2 is 1.95 bits per heavy atom. The number of pyridine rings is 1. The van der Waals surface area contributed by atoms with Crippen LogP contribution in [0.1, 0.15) is 38.7 Å². The Kier molecular flexibility index (Phi) is 4.41. The van der Waals surface area contributed by atoms with Crippen LogP contribution in [0.4, 0.5) is 5.69 Å². The van der Waals surface area contributed by atoms with Crippen molar-refractivity contribution in [2.24, 2.45) is 11.8 Å². The lowest BCUT2D eigenvalue weighted by atomic mass is 9.73. The maximum absolute atomic E-state index is 6.30. The molecule has 0 radical (unpaired) electrons. The monoisotopic (exact) mass is 307 g/mol. The van der Waals surface area contributed by atoms with Crippen LogP contribution >= 0.6 is 11.6 Å². The first kappa shape index (κ1) is 15.1. The second-order valence-corrected chi connectivity index (χ2v) is 7.32. The molecule has 116 valence electrons. The molecule has 2 bridgehead atoms. The highest BCUT2D eigenvalue weighted by Gasteiger charge is 2.40. The molecule has 0 amide bonds. The number of rotatable bonds is 3. The second kappa shape index (κ2) is 6.13. The molecule has 2 atom stereocenters. The predicted octanol–water partition coefficient (Wildman–Crippen LogP) is 3.96. The largest absolute Gasteiger partial charge is 0.379 e. The van der Waals surface area contributed by atoms with Gasteiger partial charge in [-0.15, -0.1) is 0 Å². The summed E-state index contributed by atoms with van der Waals surface area (Å²) in [5, 5.41) is 4.37. The molecule has 21 heavy (non-hydrogen) atoms. The van der Waals surface area contributed by atoms with Gasteiger partial charge in [-0.25, -0.2) is 4.98 Å². The minimum atomic E-state index is 0.550. The Bertz CT molecular complexity index is 469. The second-order valence-electron chi connectivity index (χ2n) is 6.96. The third-order valence-electron chi connectivity index (χ3n) is 5.26. The van der Waals surface area contributed by atoms with Crippen molar-refractivity contribution in [3.63, 3.8) is 0 Å². The molecule has 4 heteroatoms. The van der Waals surface area contributed by atoms with Crippen LogP contribution in [0.2, 0.25) is 5.15 Å². The highest BCUT2D eigenvalue weighted by atomic mass is 35.5.